The Balaban J connectivity index is 0. The molecule has 0 radical (unpaired) electrons. The largest absolute Gasteiger partial charge is 1.00 e. The van der Waals surface area contributed by atoms with Crippen LogP contribution in [0.5, 0.6) is 0 Å². The predicted octanol–water partition coefficient (Wildman–Crippen LogP) is -5.10. The Morgan fingerprint density at radius 2 is 1.65 bits per heavy atom. The van der Waals surface area contributed by atoms with Crippen molar-refractivity contribution in [2.24, 2.45) is 0 Å². The maximum absolute atomic E-state index is 2.44. The summed E-state index contributed by atoms with van der Waals surface area (Å²) in [6.07, 6.45) is 2.39. The average Bonchev–Trinajstić information content (AvgIpc) is 2.43. The Bertz CT molecular complexity index is 380. The summed E-state index contributed by atoms with van der Waals surface area (Å²) in [5.74, 6) is 0. The second kappa shape index (κ2) is 9.11. The van der Waals surface area contributed by atoms with Crippen LogP contribution in [-0.4, -0.2) is 13.3 Å². The van der Waals surface area contributed by atoms with Gasteiger partial charge in [0.15, 0.2) is 0 Å². The second-order valence-corrected chi connectivity index (χ2v) is 15.9. The first-order chi connectivity index (χ1) is 6.68. The van der Waals surface area contributed by atoms with Gasteiger partial charge in [-0.15, -0.1) is 0 Å². The Morgan fingerprint density at radius 1 is 1.06 bits per heavy atom. The molecule has 0 saturated carbocycles. The van der Waals surface area contributed by atoms with Gasteiger partial charge in [0, 0.05) is 0 Å². The van der Waals surface area contributed by atoms with Crippen LogP contribution in [0.3, 0.4) is 0 Å². The van der Waals surface area contributed by atoms with Crippen molar-refractivity contribution in [2.75, 3.05) is 13.3 Å². The number of halogens is 3. The molecule has 5 heteroatoms. The summed E-state index contributed by atoms with van der Waals surface area (Å²) < 4.78 is 0.871. The number of fused-ring (bicyclic) bond motifs is 1. The van der Waals surface area contributed by atoms with Crippen LogP contribution >= 0.6 is 5.21 Å². The fraction of sp³-hybridized carbons (Fsp3) is 0.333. The van der Waals surface area contributed by atoms with Gasteiger partial charge in [-0.25, -0.2) is 0 Å². The summed E-state index contributed by atoms with van der Waals surface area (Å²) in [5, 5.41) is 0.367. The third-order valence-corrected chi connectivity index (χ3v) is 10.9. The van der Waals surface area contributed by atoms with E-state index in [1.165, 1.54) is 5.56 Å². The van der Waals surface area contributed by atoms with E-state index in [-0.39, 0.29) is 59.9 Å². The van der Waals surface area contributed by atoms with Gasteiger partial charge in [-0.05, 0) is 0 Å². The molecule has 0 amide bonds. The van der Waals surface area contributed by atoms with Crippen LogP contribution in [0.1, 0.15) is 21.7 Å². The van der Waals surface area contributed by atoms with Gasteiger partial charge in [-0.3, -0.25) is 0 Å². The van der Waals surface area contributed by atoms with E-state index in [4.69, 9.17) is 0 Å². The Hall–Kier alpha value is 1.14. The average molecular weight is 388 g/mol. The van der Waals surface area contributed by atoms with Crippen LogP contribution in [0, 0.1) is 0 Å². The van der Waals surface area contributed by atoms with E-state index in [1.807, 2.05) is 0 Å². The normalized spacial score (nSPS) is 15.8. The number of hydrogen-bond donors (Lipinski definition) is 0. The zero-order valence-electron chi connectivity index (χ0n) is 10.0. The minimum absolute atomic E-state index is 0. The molecule has 0 N–H and O–H groups in total. The zero-order valence-corrected chi connectivity index (χ0v) is 15.7. The van der Waals surface area contributed by atoms with Gasteiger partial charge in [0.05, 0.1) is 0 Å². The van der Waals surface area contributed by atoms with Gasteiger partial charge >= 0.3 is 98.8 Å². The smallest absolute Gasteiger partial charge is 1.00 e. The second-order valence-electron chi connectivity index (χ2n) is 3.97. The van der Waals surface area contributed by atoms with Gasteiger partial charge < -0.3 is 37.2 Å². The predicted molar refractivity (Wildman–Crippen MR) is 61.6 cm³/mol. The van der Waals surface area contributed by atoms with Crippen molar-refractivity contribution in [1.82, 2.24) is 0 Å². The van der Waals surface area contributed by atoms with E-state index >= 15 is 0 Å². The van der Waals surface area contributed by atoms with Crippen molar-refractivity contribution >= 4 is 11.3 Å². The van der Waals surface area contributed by atoms with Crippen molar-refractivity contribution in [3.63, 3.8) is 0 Å². The molecule has 2 rings (SSSR count). The van der Waals surface area contributed by atoms with Crippen LogP contribution in [0.15, 0.2) is 29.8 Å². The first kappa shape index (κ1) is 20.5. The summed E-state index contributed by atoms with van der Waals surface area (Å²) in [6, 6.07) is 8.92. The van der Waals surface area contributed by atoms with Crippen LogP contribution in [0.4, 0.5) is 0 Å². The quantitative estimate of drug-likeness (QED) is 0.446. The van der Waals surface area contributed by atoms with Crippen molar-refractivity contribution in [3.8, 4) is 0 Å². The van der Waals surface area contributed by atoms with Gasteiger partial charge in [0.1, 0.15) is 0 Å². The first-order valence-electron chi connectivity index (χ1n) is 4.89. The van der Waals surface area contributed by atoms with Crippen molar-refractivity contribution in [2.45, 2.75) is 10.5 Å². The molecule has 1 unspecified atom stereocenters. The van der Waals surface area contributed by atoms with Gasteiger partial charge in [0.2, 0.25) is 0 Å². The molecular weight excluding hydrogens is 373 g/mol. The molecule has 1 aromatic carbocycles. The molecule has 0 spiro atoms. The molecule has 0 bridgehead atoms. The van der Waals surface area contributed by atoms with E-state index in [0.29, 0.717) is 5.21 Å². The minimum atomic E-state index is -0.224. The first-order valence-corrected chi connectivity index (χ1v) is 11.8. The van der Waals surface area contributed by atoms with E-state index in [2.05, 4.69) is 50.6 Å². The maximum atomic E-state index is 2.44. The molecule has 1 aromatic rings. The summed E-state index contributed by atoms with van der Waals surface area (Å²) in [7, 11) is 0. The molecule has 1 atom stereocenters. The SMILES string of the molecule is CC1=Cc2ccccc2[CH]1[Zr+3][P](C)C.[Cl-].[Cl-].[Cl-]. The van der Waals surface area contributed by atoms with Crippen molar-refractivity contribution in [1.29, 1.82) is 0 Å². The van der Waals surface area contributed by atoms with Crippen LogP contribution in [0.2, 0.25) is 0 Å². The number of benzene rings is 1. The topological polar surface area (TPSA) is 0 Å². The molecule has 0 aliphatic heterocycles. The fourth-order valence-corrected chi connectivity index (χ4v) is 9.95. The van der Waals surface area contributed by atoms with Gasteiger partial charge in [0.25, 0.3) is 0 Å². The van der Waals surface area contributed by atoms with Crippen molar-refractivity contribution < 1.29 is 59.9 Å². The zero-order chi connectivity index (χ0) is 10.1. The van der Waals surface area contributed by atoms with Crippen molar-refractivity contribution in [3.05, 3.63) is 41.0 Å². The standard InChI is InChI=1S/C10H9.C2H6P.3ClH.Zr/c1-8-6-9-4-2-3-5-10(9)7-8;1-3-2;;;;/h2-7H,1H3;1-2H3;3*1H;/q;-1;;;;+4/p-3. The molecule has 0 heterocycles. The summed E-state index contributed by atoms with van der Waals surface area (Å²) >= 11 is -0.224. The molecule has 1 aliphatic carbocycles. The molecule has 17 heavy (non-hydrogen) atoms. The van der Waals surface area contributed by atoms with Crippen LogP contribution in [-0.2, 0) is 22.7 Å². The summed E-state index contributed by atoms with van der Waals surface area (Å²) in [6.45, 7) is 7.19. The van der Waals surface area contributed by atoms with E-state index in [9.17, 15) is 0 Å². The number of allylic oxidation sites excluding steroid dienone is 1. The fourth-order valence-electron chi connectivity index (χ4n) is 1.91. The molecule has 1 aliphatic rings. The third kappa shape index (κ3) is 4.96. The molecule has 0 nitrogen and oxygen atoms in total. The number of rotatable bonds is 2. The van der Waals surface area contributed by atoms with E-state index < -0.39 is 0 Å². The minimum Gasteiger partial charge on any atom is -1.00 e. The van der Waals surface area contributed by atoms with Crippen LogP contribution in [0.25, 0.3) is 6.08 Å². The van der Waals surface area contributed by atoms with Gasteiger partial charge in [-0.2, -0.15) is 0 Å². The molecule has 0 saturated heterocycles. The van der Waals surface area contributed by atoms with E-state index in [0.717, 1.165) is 3.63 Å². The summed E-state index contributed by atoms with van der Waals surface area (Å²) in [4.78, 5) is 0. The molecule has 0 fully saturated rings. The number of hydrogen-bond acceptors (Lipinski definition) is 0. The Labute approximate surface area is 135 Å². The maximum Gasteiger partial charge on any atom is -1.00 e. The Kier molecular flexibility index (Phi) is 11.0. The summed E-state index contributed by atoms with van der Waals surface area (Å²) in [5.41, 5.74) is 4.72. The third-order valence-electron chi connectivity index (χ3n) is 2.53. The van der Waals surface area contributed by atoms with Gasteiger partial charge in [-0.1, -0.05) is 0 Å². The molecular formula is C12H15Cl3PZr. The molecule has 93 valence electrons. The van der Waals surface area contributed by atoms with E-state index in [1.54, 1.807) is 11.1 Å². The van der Waals surface area contributed by atoms with Crippen LogP contribution < -0.4 is 37.2 Å². The Morgan fingerprint density at radius 3 is 2.24 bits per heavy atom. The molecule has 0 aromatic heterocycles. The monoisotopic (exact) mass is 385 g/mol.